The lowest BCUT2D eigenvalue weighted by atomic mass is 10.0. The van der Waals surface area contributed by atoms with Crippen LogP contribution in [0.4, 0.5) is 0 Å². The highest BCUT2D eigenvalue weighted by Gasteiger charge is 2.24. The molecule has 128 valence electrons. The Hall–Kier alpha value is -1.28. The van der Waals surface area contributed by atoms with E-state index in [1.165, 1.54) is 16.9 Å². The molecule has 1 amide bonds. The minimum atomic E-state index is -0.122. The van der Waals surface area contributed by atoms with Gasteiger partial charge in [-0.1, -0.05) is 30.3 Å². The van der Waals surface area contributed by atoms with Crippen molar-refractivity contribution in [2.75, 3.05) is 32.8 Å². The van der Waals surface area contributed by atoms with Crippen molar-refractivity contribution < 1.29 is 9.53 Å². The van der Waals surface area contributed by atoms with Gasteiger partial charge in [-0.2, -0.15) is 0 Å². The lowest BCUT2D eigenvalue weighted by Crippen LogP contribution is -2.43. The molecule has 1 aliphatic heterocycles. The van der Waals surface area contributed by atoms with Gasteiger partial charge in [0, 0.05) is 24.5 Å². The molecule has 0 spiro atoms. The van der Waals surface area contributed by atoms with E-state index in [1.54, 1.807) is 0 Å². The zero-order chi connectivity index (χ0) is 16.9. The number of aryl methyl sites for hydroxylation is 1. The van der Waals surface area contributed by atoms with Crippen LogP contribution >= 0.6 is 27.3 Å². The molecule has 1 fully saturated rings. The second-order valence-electron chi connectivity index (χ2n) is 5.66. The molecule has 0 radical (unpaired) electrons. The predicted molar refractivity (Wildman–Crippen MR) is 98.5 cm³/mol. The molecule has 0 saturated carbocycles. The van der Waals surface area contributed by atoms with Gasteiger partial charge in [0.2, 0.25) is 0 Å². The van der Waals surface area contributed by atoms with E-state index >= 15 is 0 Å². The quantitative estimate of drug-likeness (QED) is 0.824. The van der Waals surface area contributed by atoms with Crippen molar-refractivity contribution in [3.63, 3.8) is 0 Å². The van der Waals surface area contributed by atoms with Gasteiger partial charge in [-0.3, -0.25) is 9.69 Å². The third-order valence-corrected chi connectivity index (χ3v) is 5.53. The van der Waals surface area contributed by atoms with Crippen LogP contribution in [0.25, 0.3) is 0 Å². The Morgan fingerprint density at radius 3 is 2.71 bits per heavy atom. The third kappa shape index (κ3) is 4.22. The number of amides is 1. The number of rotatable bonds is 5. The lowest BCUT2D eigenvalue weighted by molar-refractivity contribution is 0.0162. The van der Waals surface area contributed by atoms with Crippen molar-refractivity contribution in [2.24, 2.45) is 0 Å². The number of hydrogen-bond acceptors (Lipinski definition) is 5. The van der Waals surface area contributed by atoms with Crippen LogP contribution in [0.1, 0.15) is 27.0 Å². The monoisotopic (exact) mass is 409 g/mol. The number of hydrogen-bond donors (Lipinski definition) is 1. The van der Waals surface area contributed by atoms with Gasteiger partial charge in [-0.15, -0.1) is 11.3 Å². The number of aromatic nitrogens is 1. The minimum absolute atomic E-state index is 0.122. The van der Waals surface area contributed by atoms with E-state index in [-0.39, 0.29) is 11.9 Å². The first-order chi connectivity index (χ1) is 11.6. The first-order valence-electron chi connectivity index (χ1n) is 7.93. The fourth-order valence-corrected chi connectivity index (χ4v) is 4.40. The molecule has 5 nitrogen and oxygen atoms in total. The standard InChI is InChI=1S/C17H20BrN3O2S/c1-12-15(20-17(18)24-12)16(22)19-11-14(13-5-3-2-4-6-13)21-7-9-23-10-8-21/h2-6,14H,7-11H2,1H3,(H,19,22)/t14-/m1/s1. The Kier molecular flexibility index (Phi) is 5.99. The molecule has 1 aromatic carbocycles. The van der Waals surface area contributed by atoms with E-state index in [0.717, 1.165) is 35.1 Å². The van der Waals surface area contributed by atoms with Crippen LogP contribution in [-0.2, 0) is 4.74 Å². The highest BCUT2D eigenvalue weighted by molar-refractivity contribution is 9.11. The van der Waals surface area contributed by atoms with Gasteiger partial charge in [-0.05, 0) is 28.4 Å². The van der Waals surface area contributed by atoms with E-state index in [9.17, 15) is 4.79 Å². The molecule has 1 atom stereocenters. The van der Waals surface area contributed by atoms with E-state index in [1.807, 2.05) is 25.1 Å². The summed E-state index contributed by atoms with van der Waals surface area (Å²) in [5.41, 5.74) is 1.71. The Balaban J connectivity index is 1.72. The van der Waals surface area contributed by atoms with E-state index in [4.69, 9.17) is 4.74 Å². The summed E-state index contributed by atoms with van der Waals surface area (Å²) in [6.07, 6.45) is 0. The van der Waals surface area contributed by atoms with E-state index < -0.39 is 0 Å². The van der Waals surface area contributed by atoms with Gasteiger partial charge in [0.15, 0.2) is 3.92 Å². The van der Waals surface area contributed by atoms with E-state index in [0.29, 0.717) is 12.2 Å². The number of morpholine rings is 1. The van der Waals surface area contributed by atoms with Crippen LogP contribution in [0.3, 0.4) is 0 Å². The van der Waals surface area contributed by atoms with Crippen LogP contribution in [0.5, 0.6) is 0 Å². The fraction of sp³-hybridized carbons (Fsp3) is 0.412. The van der Waals surface area contributed by atoms with Crippen LogP contribution in [-0.4, -0.2) is 48.6 Å². The normalized spacial score (nSPS) is 16.8. The number of nitrogens with one attached hydrogen (secondary N) is 1. The zero-order valence-corrected chi connectivity index (χ0v) is 15.9. The van der Waals surface area contributed by atoms with Crippen molar-refractivity contribution in [3.8, 4) is 0 Å². The summed E-state index contributed by atoms with van der Waals surface area (Å²) in [7, 11) is 0. The molecular formula is C17H20BrN3O2S. The molecule has 0 bridgehead atoms. The maximum atomic E-state index is 12.5. The van der Waals surface area contributed by atoms with Crippen LogP contribution in [0.2, 0.25) is 0 Å². The fourth-order valence-electron chi connectivity index (χ4n) is 2.87. The summed E-state index contributed by atoms with van der Waals surface area (Å²) in [4.78, 5) is 20.0. The summed E-state index contributed by atoms with van der Waals surface area (Å²) in [6.45, 7) is 5.67. The first-order valence-corrected chi connectivity index (χ1v) is 9.54. The van der Waals surface area contributed by atoms with Gasteiger partial charge in [0.25, 0.3) is 5.91 Å². The highest BCUT2D eigenvalue weighted by Crippen LogP contribution is 2.23. The van der Waals surface area contributed by atoms with Crippen molar-refractivity contribution in [1.29, 1.82) is 0 Å². The summed E-state index contributed by atoms with van der Waals surface area (Å²) in [5.74, 6) is -0.122. The summed E-state index contributed by atoms with van der Waals surface area (Å²) < 4.78 is 6.19. The van der Waals surface area contributed by atoms with Crippen molar-refractivity contribution >= 4 is 33.2 Å². The summed E-state index contributed by atoms with van der Waals surface area (Å²) in [5, 5.41) is 3.05. The third-order valence-electron chi connectivity index (χ3n) is 4.11. The largest absolute Gasteiger partial charge is 0.379 e. The molecule has 0 unspecified atom stereocenters. The number of halogens is 1. The molecule has 3 rings (SSSR count). The van der Waals surface area contributed by atoms with Gasteiger partial charge in [0.05, 0.1) is 19.3 Å². The number of carbonyl (C=O) groups excluding carboxylic acids is 1. The van der Waals surface area contributed by atoms with Gasteiger partial charge in [-0.25, -0.2) is 4.98 Å². The molecule has 1 N–H and O–H groups in total. The average molecular weight is 410 g/mol. The highest BCUT2D eigenvalue weighted by atomic mass is 79.9. The Morgan fingerprint density at radius 2 is 2.08 bits per heavy atom. The first kappa shape index (κ1) is 17.5. The van der Waals surface area contributed by atoms with Crippen molar-refractivity contribution in [1.82, 2.24) is 15.2 Å². The number of benzene rings is 1. The SMILES string of the molecule is Cc1sc(Br)nc1C(=O)NC[C@H](c1ccccc1)N1CCOCC1. The molecule has 2 heterocycles. The maximum Gasteiger partial charge on any atom is 0.271 e. The molecular weight excluding hydrogens is 390 g/mol. The number of nitrogens with zero attached hydrogens (tertiary/aromatic N) is 2. The number of thiazole rings is 1. The summed E-state index contributed by atoms with van der Waals surface area (Å²) >= 11 is 4.81. The van der Waals surface area contributed by atoms with Gasteiger partial charge >= 0.3 is 0 Å². The topological polar surface area (TPSA) is 54.5 Å². The Labute approximate surface area is 154 Å². The molecule has 1 aromatic heterocycles. The van der Waals surface area contributed by atoms with Crippen molar-refractivity contribution in [3.05, 3.63) is 50.4 Å². The average Bonchev–Trinajstić information content (AvgIpc) is 2.95. The van der Waals surface area contributed by atoms with Crippen LogP contribution in [0.15, 0.2) is 34.2 Å². The predicted octanol–water partition coefficient (Wildman–Crippen LogP) is 3.02. The summed E-state index contributed by atoms with van der Waals surface area (Å²) in [6, 6.07) is 10.4. The second-order valence-corrected chi connectivity index (χ2v) is 8.14. The maximum absolute atomic E-state index is 12.5. The van der Waals surface area contributed by atoms with Gasteiger partial charge < -0.3 is 10.1 Å². The number of carbonyl (C=O) groups is 1. The Morgan fingerprint density at radius 1 is 1.38 bits per heavy atom. The smallest absolute Gasteiger partial charge is 0.271 e. The second kappa shape index (κ2) is 8.20. The van der Waals surface area contributed by atoms with Crippen LogP contribution < -0.4 is 5.32 Å². The molecule has 1 aliphatic rings. The van der Waals surface area contributed by atoms with Crippen LogP contribution in [0, 0.1) is 6.92 Å². The van der Waals surface area contributed by atoms with Gasteiger partial charge in [0.1, 0.15) is 5.69 Å². The lowest BCUT2D eigenvalue weighted by Gasteiger charge is -2.34. The molecule has 24 heavy (non-hydrogen) atoms. The Bertz CT molecular complexity index is 686. The molecule has 0 aliphatic carbocycles. The molecule has 2 aromatic rings. The zero-order valence-electron chi connectivity index (χ0n) is 13.5. The molecule has 7 heteroatoms. The van der Waals surface area contributed by atoms with Crippen molar-refractivity contribution in [2.45, 2.75) is 13.0 Å². The van der Waals surface area contributed by atoms with E-state index in [2.05, 4.69) is 43.3 Å². The molecule has 1 saturated heterocycles. The minimum Gasteiger partial charge on any atom is -0.379 e. The number of ether oxygens (including phenoxy) is 1.